The quantitative estimate of drug-likeness (QED) is 0.759. The molecular weight excluding hydrogens is 232 g/mol. The van der Waals surface area contributed by atoms with Crippen molar-refractivity contribution >= 4 is 11.4 Å². The highest BCUT2D eigenvalue weighted by Crippen LogP contribution is 2.44. The van der Waals surface area contributed by atoms with E-state index in [1.54, 1.807) is 0 Å². The topological polar surface area (TPSA) is 6.48 Å². The van der Waals surface area contributed by atoms with E-state index in [0.717, 1.165) is 0 Å². The zero-order valence-electron chi connectivity index (χ0n) is 12.0. The predicted molar refractivity (Wildman–Crippen MR) is 81.9 cm³/mol. The molecule has 2 heteroatoms. The van der Waals surface area contributed by atoms with Crippen molar-refractivity contribution < 1.29 is 0 Å². The van der Waals surface area contributed by atoms with Crippen molar-refractivity contribution in [2.75, 3.05) is 23.9 Å². The Labute approximate surface area is 115 Å². The second-order valence-electron chi connectivity index (χ2n) is 5.44. The van der Waals surface area contributed by atoms with Crippen LogP contribution < -0.4 is 9.80 Å². The molecule has 98 valence electrons. The van der Waals surface area contributed by atoms with E-state index >= 15 is 0 Å². The standard InChI is InChI=1S/C17H20N2/c1-12-9-10-14(13(2)11-12)17-18(3)15-7-5-6-8-16(15)19(17)4/h5-11,17H,1-4H3. The van der Waals surface area contributed by atoms with Gasteiger partial charge >= 0.3 is 0 Å². The Balaban J connectivity index is 2.08. The first-order chi connectivity index (χ1) is 9.09. The normalized spacial score (nSPS) is 14.9. The molecule has 0 saturated heterocycles. The van der Waals surface area contributed by atoms with Gasteiger partial charge in [-0.3, -0.25) is 0 Å². The minimum Gasteiger partial charge on any atom is -0.349 e. The first-order valence-corrected chi connectivity index (χ1v) is 6.71. The van der Waals surface area contributed by atoms with Gasteiger partial charge in [-0.25, -0.2) is 0 Å². The van der Waals surface area contributed by atoms with Crippen LogP contribution >= 0.6 is 0 Å². The Bertz CT molecular complexity index is 589. The third-order valence-corrected chi connectivity index (χ3v) is 4.08. The van der Waals surface area contributed by atoms with Gasteiger partial charge in [0.05, 0.1) is 11.4 Å². The van der Waals surface area contributed by atoms with E-state index in [9.17, 15) is 0 Å². The Morgan fingerprint density at radius 2 is 1.42 bits per heavy atom. The van der Waals surface area contributed by atoms with Crippen molar-refractivity contribution in [2.24, 2.45) is 0 Å². The number of aryl methyl sites for hydroxylation is 2. The fourth-order valence-corrected chi connectivity index (χ4v) is 3.12. The molecule has 0 aromatic heterocycles. The molecule has 0 atom stereocenters. The lowest BCUT2D eigenvalue weighted by Gasteiger charge is -2.29. The smallest absolute Gasteiger partial charge is 0.128 e. The molecule has 2 nitrogen and oxygen atoms in total. The summed E-state index contributed by atoms with van der Waals surface area (Å²) in [5, 5.41) is 0. The lowest BCUT2D eigenvalue weighted by atomic mass is 10.0. The molecule has 0 amide bonds. The zero-order valence-corrected chi connectivity index (χ0v) is 12.0. The van der Waals surface area contributed by atoms with Crippen LogP contribution in [-0.4, -0.2) is 14.1 Å². The molecule has 0 spiro atoms. The molecule has 0 bridgehead atoms. The largest absolute Gasteiger partial charge is 0.349 e. The highest BCUT2D eigenvalue weighted by molar-refractivity contribution is 5.77. The van der Waals surface area contributed by atoms with Gasteiger partial charge in [-0.2, -0.15) is 0 Å². The second kappa shape index (κ2) is 4.30. The number of rotatable bonds is 1. The van der Waals surface area contributed by atoms with E-state index < -0.39 is 0 Å². The van der Waals surface area contributed by atoms with Crippen LogP contribution in [-0.2, 0) is 0 Å². The molecule has 0 fully saturated rings. The fourth-order valence-electron chi connectivity index (χ4n) is 3.12. The summed E-state index contributed by atoms with van der Waals surface area (Å²) in [6, 6.07) is 15.3. The number of hydrogen-bond donors (Lipinski definition) is 0. The lowest BCUT2D eigenvalue weighted by Crippen LogP contribution is -2.31. The van der Waals surface area contributed by atoms with E-state index in [-0.39, 0.29) is 6.17 Å². The van der Waals surface area contributed by atoms with Crippen LogP contribution in [0, 0.1) is 13.8 Å². The number of anilines is 2. The van der Waals surface area contributed by atoms with Crippen LogP contribution in [0.5, 0.6) is 0 Å². The van der Waals surface area contributed by atoms with E-state index in [1.165, 1.54) is 28.1 Å². The summed E-state index contributed by atoms with van der Waals surface area (Å²) in [5.74, 6) is 0. The molecule has 0 saturated carbocycles. The summed E-state index contributed by atoms with van der Waals surface area (Å²) >= 11 is 0. The maximum Gasteiger partial charge on any atom is 0.128 e. The molecule has 0 N–H and O–H groups in total. The average molecular weight is 252 g/mol. The molecule has 2 aromatic rings. The van der Waals surface area contributed by atoms with Crippen LogP contribution in [0.15, 0.2) is 42.5 Å². The molecule has 1 aliphatic rings. The molecule has 0 aliphatic carbocycles. The Morgan fingerprint density at radius 1 is 0.842 bits per heavy atom. The fraction of sp³-hybridized carbons (Fsp3) is 0.294. The van der Waals surface area contributed by atoms with Crippen LogP contribution in [0.4, 0.5) is 11.4 Å². The predicted octanol–water partition coefficient (Wildman–Crippen LogP) is 3.89. The number of hydrogen-bond acceptors (Lipinski definition) is 2. The highest BCUT2D eigenvalue weighted by Gasteiger charge is 2.32. The van der Waals surface area contributed by atoms with Gasteiger partial charge in [0.2, 0.25) is 0 Å². The van der Waals surface area contributed by atoms with Crippen molar-refractivity contribution in [3.8, 4) is 0 Å². The van der Waals surface area contributed by atoms with Crippen LogP contribution in [0.25, 0.3) is 0 Å². The molecule has 19 heavy (non-hydrogen) atoms. The van der Waals surface area contributed by atoms with Gasteiger partial charge < -0.3 is 9.80 Å². The van der Waals surface area contributed by atoms with Gasteiger partial charge in [0, 0.05) is 14.1 Å². The van der Waals surface area contributed by atoms with E-state index in [0.29, 0.717) is 0 Å². The number of fused-ring (bicyclic) bond motifs is 1. The third kappa shape index (κ3) is 1.79. The summed E-state index contributed by atoms with van der Waals surface area (Å²) < 4.78 is 0. The van der Waals surface area contributed by atoms with Gasteiger partial charge in [-0.1, -0.05) is 35.9 Å². The van der Waals surface area contributed by atoms with Gasteiger partial charge in [0.15, 0.2) is 0 Å². The maximum absolute atomic E-state index is 2.35. The molecular formula is C17H20N2. The Kier molecular flexibility index (Phi) is 2.74. The monoisotopic (exact) mass is 252 g/mol. The molecule has 0 unspecified atom stereocenters. The summed E-state index contributed by atoms with van der Waals surface area (Å²) in [5.41, 5.74) is 6.66. The molecule has 0 radical (unpaired) electrons. The van der Waals surface area contributed by atoms with Gasteiger partial charge in [-0.05, 0) is 37.1 Å². The van der Waals surface area contributed by atoms with Crippen LogP contribution in [0.2, 0.25) is 0 Å². The SMILES string of the molecule is Cc1ccc(C2N(C)c3ccccc3N2C)c(C)c1. The Morgan fingerprint density at radius 3 is 1.95 bits per heavy atom. The van der Waals surface area contributed by atoms with E-state index in [4.69, 9.17) is 0 Å². The molecule has 1 aliphatic heterocycles. The lowest BCUT2D eigenvalue weighted by molar-refractivity contribution is 0.690. The molecule has 1 heterocycles. The minimum atomic E-state index is 0.290. The average Bonchev–Trinajstić information content (AvgIpc) is 2.64. The molecule has 3 rings (SSSR count). The van der Waals surface area contributed by atoms with Crippen molar-refractivity contribution in [3.05, 3.63) is 59.2 Å². The first kappa shape index (κ1) is 12.1. The van der Waals surface area contributed by atoms with Gasteiger partial charge in [-0.15, -0.1) is 0 Å². The highest BCUT2D eigenvalue weighted by atomic mass is 15.4. The van der Waals surface area contributed by atoms with Crippen LogP contribution in [0.1, 0.15) is 22.9 Å². The van der Waals surface area contributed by atoms with Crippen molar-refractivity contribution in [2.45, 2.75) is 20.0 Å². The third-order valence-electron chi connectivity index (χ3n) is 4.08. The number of para-hydroxylation sites is 2. The Hall–Kier alpha value is -1.96. The van der Waals surface area contributed by atoms with E-state index in [2.05, 4.69) is 80.2 Å². The summed E-state index contributed by atoms with van der Waals surface area (Å²) in [6.45, 7) is 4.35. The van der Waals surface area contributed by atoms with Gasteiger partial charge in [0.1, 0.15) is 6.17 Å². The van der Waals surface area contributed by atoms with Crippen LogP contribution in [0.3, 0.4) is 0 Å². The van der Waals surface area contributed by atoms with Crippen molar-refractivity contribution in [3.63, 3.8) is 0 Å². The van der Waals surface area contributed by atoms with Crippen molar-refractivity contribution in [1.29, 1.82) is 0 Å². The second-order valence-corrected chi connectivity index (χ2v) is 5.44. The van der Waals surface area contributed by atoms with Gasteiger partial charge in [0.25, 0.3) is 0 Å². The van der Waals surface area contributed by atoms with Crippen molar-refractivity contribution in [1.82, 2.24) is 0 Å². The molecule has 2 aromatic carbocycles. The first-order valence-electron chi connectivity index (χ1n) is 6.71. The summed E-state index contributed by atoms with van der Waals surface area (Å²) in [6.07, 6.45) is 0.290. The number of nitrogens with zero attached hydrogens (tertiary/aromatic N) is 2. The minimum absolute atomic E-state index is 0.290. The van der Waals surface area contributed by atoms with E-state index in [1.807, 2.05) is 0 Å². The zero-order chi connectivity index (χ0) is 13.6. The maximum atomic E-state index is 2.35. The number of benzene rings is 2. The summed E-state index contributed by atoms with van der Waals surface area (Å²) in [7, 11) is 4.35. The summed E-state index contributed by atoms with van der Waals surface area (Å²) in [4.78, 5) is 4.71.